The van der Waals surface area contributed by atoms with E-state index in [2.05, 4.69) is 69.5 Å². The van der Waals surface area contributed by atoms with Gasteiger partial charge in [0.1, 0.15) is 6.29 Å². The highest BCUT2D eigenvalue weighted by atomic mass is 16.1. The number of hydrogen-bond donors (Lipinski definition) is 2. The van der Waals surface area contributed by atoms with Crippen molar-refractivity contribution in [2.24, 2.45) is 5.41 Å². The summed E-state index contributed by atoms with van der Waals surface area (Å²) in [6.07, 6.45) is 8.73. The third-order valence-electron chi connectivity index (χ3n) is 7.13. The highest BCUT2D eigenvalue weighted by molar-refractivity contribution is 5.74. The number of likely N-dealkylation sites (tertiary alicyclic amines) is 1. The molecule has 2 N–H and O–H groups in total. The fourth-order valence-corrected chi connectivity index (χ4v) is 5.12. The van der Waals surface area contributed by atoms with E-state index >= 15 is 0 Å². The maximum Gasteiger partial charge on any atom is 0.227 e. The van der Waals surface area contributed by atoms with E-state index in [0.717, 1.165) is 53.1 Å². The average molecular weight is 551 g/mol. The molecule has 1 unspecified atom stereocenters. The van der Waals surface area contributed by atoms with Crippen LogP contribution in [-0.2, 0) is 0 Å². The monoisotopic (exact) mass is 550 g/mol. The van der Waals surface area contributed by atoms with Crippen molar-refractivity contribution in [3.05, 3.63) is 95.9 Å². The molecule has 41 heavy (non-hydrogen) atoms. The Kier molecular flexibility index (Phi) is 10.2. The van der Waals surface area contributed by atoms with Gasteiger partial charge in [-0.1, -0.05) is 51.1 Å². The van der Waals surface area contributed by atoms with Crippen LogP contribution in [0, 0.1) is 12.3 Å². The Balaban J connectivity index is 0.000000191. The molecule has 1 aliphatic heterocycles. The Hall–Kier alpha value is -4.10. The van der Waals surface area contributed by atoms with Crippen LogP contribution in [0.15, 0.2) is 79.3 Å². The molecule has 0 bridgehead atoms. The van der Waals surface area contributed by atoms with E-state index in [-0.39, 0.29) is 0 Å². The summed E-state index contributed by atoms with van der Waals surface area (Å²) in [6, 6.07) is 20.0. The highest BCUT2D eigenvalue weighted by Crippen LogP contribution is 2.29. The summed E-state index contributed by atoms with van der Waals surface area (Å²) in [5.41, 5.74) is 7.47. The molecular weight excluding hydrogens is 508 g/mol. The van der Waals surface area contributed by atoms with Crippen molar-refractivity contribution in [3.63, 3.8) is 0 Å². The van der Waals surface area contributed by atoms with Gasteiger partial charge in [-0.15, -0.1) is 0 Å². The third-order valence-corrected chi connectivity index (χ3v) is 7.13. The number of anilines is 3. The van der Waals surface area contributed by atoms with Gasteiger partial charge in [0.15, 0.2) is 0 Å². The molecule has 3 heterocycles. The number of aromatic nitrogens is 3. The van der Waals surface area contributed by atoms with Crippen molar-refractivity contribution in [2.75, 3.05) is 37.3 Å². The van der Waals surface area contributed by atoms with Crippen LogP contribution in [0.1, 0.15) is 61.0 Å². The summed E-state index contributed by atoms with van der Waals surface area (Å²) in [4.78, 5) is 26.2. The van der Waals surface area contributed by atoms with Gasteiger partial charge >= 0.3 is 0 Å². The zero-order valence-electron chi connectivity index (χ0n) is 24.9. The first kappa shape index (κ1) is 29.9. The minimum atomic E-state index is 0.364. The zero-order chi connectivity index (χ0) is 29.2. The standard InChI is InChI=1S/C17H17N5.C17H25NO/c1-12-5-6-14(18-2)10-16(12)22-17-20-9-7-15(21-17)13-4-3-8-19-11-13;1-17(2,3)13-18-10-4-5-16(11-18)15-8-6-14(12-19)7-9-15/h3-11,18H,1-2H3,(H,20,21,22);6-9,12,16H,4-5,10-11,13H2,1-3H3. The second-order valence-corrected chi connectivity index (χ2v) is 11.8. The molecule has 0 aliphatic carbocycles. The first-order valence-corrected chi connectivity index (χ1v) is 14.3. The van der Waals surface area contributed by atoms with Crippen LogP contribution >= 0.6 is 0 Å². The zero-order valence-corrected chi connectivity index (χ0v) is 24.9. The van der Waals surface area contributed by atoms with Crippen LogP contribution in [0.5, 0.6) is 0 Å². The molecule has 1 saturated heterocycles. The Bertz CT molecular complexity index is 1400. The Morgan fingerprint density at radius 2 is 1.85 bits per heavy atom. The van der Waals surface area contributed by atoms with E-state index in [1.807, 2.05) is 56.4 Å². The number of nitrogens with zero attached hydrogens (tertiary/aromatic N) is 4. The number of carbonyl (C=O) groups is 1. The van der Waals surface area contributed by atoms with Gasteiger partial charge in [0.05, 0.1) is 5.69 Å². The lowest BCUT2D eigenvalue weighted by Gasteiger charge is -2.36. The summed E-state index contributed by atoms with van der Waals surface area (Å²) < 4.78 is 0. The first-order valence-electron chi connectivity index (χ1n) is 14.3. The van der Waals surface area contributed by atoms with Crippen molar-refractivity contribution >= 4 is 23.6 Å². The van der Waals surface area contributed by atoms with Crippen LogP contribution in [0.3, 0.4) is 0 Å². The van der Waals surface area contributed by atoms with Crippen LogP contribution < -0.4 is 10.6 Å². The fourth-order valence-electron chi connectivity index (χ4n) is 5.12. The normalized spacial score (nSPS) is 15.4. The van der Waals surface area contributed by atoms with Crippen molar-refractivity contribution in [1.29, 1.82) is 0 Å². The van der Waals surface area contributed by atoms with E-state index in [1.165, 1.54) is 24.9 Å². The maximum atomic E-state index is 10.7. The van der Waals surface area contributed by atoms with Crippen molar-refractivity contribution < 1.29 is 4.79 Å². The Morgan fingerprint density at radius 1 is 1.05 bits per heavy atom. The van der Waals surface area contributed by atoms with Gasteiger partial charge in [-0.3, -0.25) is 9.78 Å². The molecule has 4 aromatic rings. The number of piperidine rings is 1. The quantitative estimate of drug-likeness (QED) is 0.233. The smallest absolute Gasteiger partial charge is 0.227 e. The molecule has 1 aliphatic rings. The molecule has 7 nitrogen and oxygen atoms in total. The lowest BCUT2D eigenvalue weighted by Crippen LogP contribution is -2.39. The summed E-state index contributed by atoms with van der Waals surface area (Å²) in [6.45, 7) is 12.5. The molecule has 0 saturated carbocycles. The van der Waals surface area contributed by atoms with Gasteiger partial charge in [0.25, 0.3) is 0 Å². The maximum absolute atomic E-state index is 10.7. The summed E-state index contributed by atoms with van der Waals surface area (Å²) in [5.74, 6) is 1.19. The second kappa shape index (κ2) is 14.0. The lowest BCUT2D eigenvalue weighted by molar-refractivity contribution is 0.112. The number of hydrogen-bond acceptors (Lipinski definition) is 7. The average Bonchev–Trinajstić information content (AvgIpc) is 2.98. The Labute approximate surface area is 244 Å². The number of pyridine rings is 1. The number of aldehydes is 1. The number of aryl methyl sites for hydroxylation is 1. The largest absolute Gasteiger partial charge is 0.388 e. The predicted octanol–water partition coefficient (Wildman–Crippen LogP) is 7.36. The lowest BCUT2D eigenvalue weighted by atomic mass is 9.88. The van der Waals surface area contributed by atoms with Crippen LogP contribution in [0.2, 0.25) is 0 Å². The van der Waals surface area contributed by atoms with Gasteiger partial charge in [0, 0.05) is 61.2 Å². The second-order valence-electron chi connectivity index (χ2n) is 11.8. The van der Waals surface area contributed by atoms with E-state index < -0.39 is 0 Å². The van der Waals surface area contributed by atoms with Gasteiger partial charge < -0.3 is 15.5 Å². The molecule has 0 amide bonds. The molecule has 0 spiro atoms. The number of nitrogens with one attached hydrogen (secondary N) is 2. The Morgan fingerprint density at radius 3 is 2.54 bits per heavy atom. The molecule has 5 rings (SSSR count). The number of rotatable bonds is 7. The number of benzene rings is 2. The van der Waals surface area contributed by atoms with Gasteiger partial charge in [0.2, 0.25) is 5.95 Å². The molecule has 2 aromatic carbocycles. The minimum Gasteiger partial charge on any atom is -0.388 e. The van der Waals surface area contributed by atoms with Gasteiger partial charge in [-0.2, -0.15) is 0 Å². The van der Waals surface area contributed by atoms with E-state index in [1.54, 1.807) is 18.6 Å². The molecule has 1 atom stereocenters. The molecular formula is C34H42N6O. The summed E-state index contributed by atoms with van der Waals surface area (Å²) in [5, 5.41) is 6.40. The molecule has 1 fully saturated rings. The van der Waals surface area contributed by atoms with E-state index in [0.29, 0.717) is 17.3 Å². The first-order chi connectivity index (χ1) is 19.7. The van der Waals surface area contributed by atoms with Gasteiger partial charge in [-0.05, 0) is 79.1 Å². The minimum absolute atomic E-state index is 0.364. The molecule has 7 heteroatoms. The van der Waals surface area contributed by atoms with Crippen LogP contribution in [0.25, 0.3) is 11.3 Å². The van der Waals surface area contributed by atoms with Crippen LogP contribution in [0.4, 0.5) is 17.3 Å². The highest BCUT2D eigenvalue weighted by Gasteiger charge is 2.24. The predicted molar refractivity (Wildman–Crippen MR) is 169 cm³/mol. The van der Waals surface area contributed by atoms with E-state index in [9.17, 15) is 4.79 Å². The SMILES string of the molecule is CC(C)(C)CN1CCCC(c2ccc(C=O)cc2)C1.CNc1ccc(C)c(Nc2nccc(-c3cccnc3)n2)c1. The summed E-state index contributed by atoms with van der Waals surface area (Å²) in [7, 11) is 1.90. The fraction of sp³-hybridized carbons (Fsp3) is 0.353. The van der Waals surface area contributed by atoms with Crippen molar-refractivity contribution in [1.82, 2.24) is 19.9 Å². The van der Waals surface area contributed by atoms with Crippen molar-refractivity contribution in [2.45, 2.75) is 46.5 Å². The van der Waals surface area contributed by atoms with Gasteiger partial charge in [-0.25, -0.2) is 9.97 Å². The molecule has 214 valence electrons. The van der Waals surface area contributed by atoms with E-state index in [4.69, 9.17) is 0 Å². The third kappa shape index (κ3) is 8.95. The molecule has 2 aromatic heterocycles. The molecule has 0 radical (unpaired) electrons. The number of carbonyl (C=O) groups excluding carboxylic acids is 1. The topological polar surface area (TPSA) is 83.0 Å². The summed E-state index contributed by atoms with van der Waals surface area (Å²) >= 11 is 0. The van der Waals surface area contributed by atoms with Crippen LogP contribution in [-0.4, -0.2) is 52.8 Å². The van der Waals surface area contributed by atoms with Crippen molar-refractivity contribution in [3.8, 4) is 11.3 Å².